The zero-order valence-corrected chi connectivity index (χ0v) is 15.3. The van der Waals surface area contributed by atoms with Crippen LogP contribution in [0.1, 0.15) is 43.0 Å². The summed E-state index contributed by atoms with van der Waals surface area (Å²) in [6, 6.07) is 12.9. The van der Waals surface area contributed by atoms with E-state index < -0.39 is 0 Å². The van der Waals surface area contributed by atoms with Crippen molar-refractivity contribution in [2.45, 2.75) is 39.7 Å². The summed E-state index contributed by atoms with van der Waals surface area (Å²) in [5, 5.41) is 4.69. The molecule has 2 aromatic carbocycles. The molecule has 0 saturated carbocycles. The lowest BCUT2D eigenvalue weighted by Crippen LogP contribution is -2.09. The average Bonchev–Trinajstić information content (AvgIpc) is 3.06. The maximum absolute atomic E-state index is 5.32. The van der Waals surface area contributed by atoms with Gasteiger partial charge in [-0.25, -0.2) is 9.97 Å². The van der Waals surface area contributed by atoms with Crippen LogP contribution in [0.25, 0.3) is 10.9 Å². The zero-order chi connectivity index (χ0) is 17.8. The van der Waals surface area contributed by atoms with E-state index in [9.17, 15) is 0 Å². The minimum absolute atomic E-state index is 0.287. The molecule has 1 aliphatic carbocycles. The van der Waals surface area contributed by atoms with Crippen molar-refractivity contribution in [2.75, 3.05) is 12.4 Å². The fourth-order valence-electron chi connectivity index (χ4n) is 3.32. The second-order valence-electron chi connectivity index (χ2n) is 6.04. The van der Waals surface area contributed by atoms with E-state index in [1.807, 2.05) is 26.0 Å². The number of hydrogen-bond acceptors (Lipinski definition) is 4. The van der Waals surface area contributed by atoms with Crippen molar-refractivity contribution >= 4 is 16.7 Å². The molecule has 1 N–H and O–H groups in total. The van der Waals surface area contributed by atoms with E-state index in [0.29, 0.717) is 0 Å². The van der Waals surface area contributed by atoms with Crippen LogP contribution in [-0.2, 0) is 6.42 Å². The van der Waals surface area contributed by atoms with Crippen LogP contribution in [0.5, 0.6) is 5.75 Å². The van der Waals surface area contributed by atoms with Gasteiger partial charge in [0.25, 0.3) is 0 Å². The number of nitrogens with zero attached hydrogens (tertiary/aromatic N) is 2. The minimum Gasteiger partial charge on any atom is -0.497 e. The summed E-state index contributed by atoms with van der Waals surface area (Å²) in [6.07, 6.45) is 3.76. The quantitative estimate of drug-likeness (QED) is 0.725. The predicted molar refractivity (Wildman–Crippen MR) is 103 cm³/mol. The van der Waals surface area contributed by atoms with Gasteiger partial charge in [-0.2, -0.15) is 0 Å². The highest BCUT2D eigenvalue weighted by Gasteiger charge is 2.23. The van der Waals surface area contributed by atoms with Gasteiger partial charge in [0.15, 0.2) is 0 Å². The third-order valence-corrected chi connectivity index (χ3v) is 4.53. The largest absolute Gasteiger partial charge is 0.497 e. The smallest absolute Gasteiger partial charge is 0.137 e. The van der Waals surface area contributed by atoms with Crippen molar-refractivity contribution in [3.05, 3.63) is 59.4 Å². The first-order valence-corrected chi connectivity index (χ1v) is 8.89. The Bertz CT molecular complexity index is 876. The molecule has 1 heterocycles. The first-order chi connectivity index (χ1) is 12.2. The van der Waals surface area contributed by atoms with Crippen LogP contribution in [0, 0.1) is 6.92 Å². The van der Waals surface area contributed by atoms with E-state index in [1.165, 1.54) is 16.7 Å². The Hall–Kier alpha value is -2.62. The van der Waals surface area contributed by atoms with E-state index in [-0.39, 0.29) is 6.04 Å². The van der Waals surface area contributed by atoms with Crippen LogP contribution in [-0.4, -0.2) is 17.1 Å². The highest BCUT2D eigenvalue weighted by molar-refractivity contribution is 5.89. The number of benzene rings is 2. The Kier molecular flexibility index (Phi) is 5.17. The molecule has 3 aromatic rings. The average molecular weight is 335 g/mol. The molecule has 0 spiro atoms. The first kappa shape index (κ1) is 17.2. The van der Waals surface area contributed by atoms with Gasteiger partial charge < -0.3 is 10.1 Å². The highest BCUT2D eigenvalue weighted by Crippen LogP contribution is 2.36. The number of aromatic nitrogens is 2. The Morgan fingerprint density at radius 2 is 1.92 bits per heavy atom. The van der Waals surface area contributed by atoms with E-state index in [4.69, 9.17) is 4.74 Å². The van der Waals surface area contributed by atoms with E-state index in [2.05, 4.69) is 46.5 Å². The fraction of sp³-hybridized carbons (Fsp3) is 0.333. The van der Waals surface area contributed by atoms with Gasteiger partial charge in [-0.05, 0) is 55.2 Å². The SMILES string of the molecule is CC.COc1ccc2c(c1)CCC2Nc1ncnc2ccc(C)cc12. The van der Waals surface area contributed by atoms with Crippen molar-refractivity contribution in [1.29, 1.82) is 0 Å². The van der Waals surface area contributed by atoms with Crippen molar-refractivity contribution in [3.8, 4) is 5.75 Å². The van der Waals surface area contributed by atoms with Gasteiger partial charge >= 0.3 is 0 Å². The van der Waals surface area contributed by atoms with Gasteiger partial charge in [0.2, 0.25) is 0 Å². The molecular weight excluding hydrogens is 310 g/mol. The van der Waals surface area contributed by atoms with Crippen molar-refractivity contribution in [1.82, 2.24) is 9.97 Å². The molecule has 1 aromatic heterocycles. The van der Waals surface area contributed by atoms with Gasteiger partial charge in [0.1, 0.15) is 17.9 Å². The molecule has 1 unspecified atom stereocenters. The van der Waals surface area contributed by atoms with Crippen molar-refractivity contribution in [2.24, 2.45) is 0 Å². The number of fused-ring (bicyclic) bond motifs is 2. The van der Waals surface area contributed by atoms with Gasteiger partial charge in [-0.3, -0.25) is 0 Å². The monoisotopic (exact) mass is 335 g/mol. The Morgan fingerprint density at radius 1 is 1.08 bits per heavy atom. The maximum Gasteiger partial charge on any atom is 0.137 e. The maximum atomic E-state index is 5.32. The molecule has 0 aliphatic heterocycles. The number of nitrogens with one attached hydrogen (secondary N) is 1. The second kappa shape index (κ2) is 7.51. The fourth-order valence-corrected chi connectivity index (χ4v) is 3.32. The second-order valence-corrected chi connectivity index (χ2v) is 6.04. The molecule has 0 saturated heterocycles. The van der Waals surface area contributed by atoms with Gasteiger partial charge in [0, 0.05) is 5.39 Å². The molecule has 4 nitrogen and oxygen atoms in total. The Balaban J connectivity index is 0.000000880. The van der Waals surface area contributed by atoms with Gasteiger partial charge in [0.05, 0.1) is 18.7 Å². The molecule has 4 rings (SSSR count). The van der Waals surface area contributed by atoms with Crippen LogP contribution < -0.4 is 10.1 Å². The van der Waals surface area contributed by atoms with Crippen molar-refractivity contribution < 1.29 is 4.74 Å². The van der Waals surface area contributed by atoms with Gasteiger partial charge in [-0.1, -0.05) is 31.5 Å². The van der Waals surface area contributed by atoms with Crippen LogP contribution in [0.3, 0.4) is 0 Å². The standard InChI is InChI=1S/C19H19N3O.C2H6/c1-12-3-7-17-16(9-12)19(21-11-20-17)22-18-8-4-13-10-14(23-2)5-6-15(13)18;1-2/h3,5-7,9-11,18H,4,8H2,1-2H3,(H,20,21,22);1-2H3. The first-order valence-electron chi connectivity index (χ1n) is 8.89. The molecular formula is C21H25N3O. The van der Waals surface area contributed by atoms with Crippen LogP contribution >= 0.6 is 0 Å². The van der Waals surface area contributed by atoms with E-state index in [0.717, 1.165) is 35.3 Å². The number of anilines is 1. The Morgan fingerprint density at radius 3 is 2.72 bits per heavy atom. The summed E-state index contributed by atoms with van der Waals surface area (Å²) < 4.78 is 5.32. The number of ether oxygens (including phenoxy) is 1. The zero-order valence-electron chi connectivity index (χ0n) is 15.3. The summed E-state index contributed by atoms with van der Waals surface area (Å²) in [6.45, 7) is 6.09. The topological polar surface area (TPSA) is 47.0 Å². The molecule has 1 atom stereocenters. The predicted octanol–water partition coefficient (Wildman–Crippen LogP) is 5.07. The molecule has 0 bridgehead atoms. The normalized spacial score (nSPS) is 15.3. The van der Waals surface area contributed by atoms with Crippen molar-refractivity contribution in [3.63, 3.8) is 0 Å². The van der Waals surface area contributed by atoms with E-state index in [1.54, 1.807) is 13.4 Å². The molecule has 130 valence electrons. The molecule has 0 fully saturated rings. The Labute approximate surface area is 149 Å². The summed E-state index contributed by atoms with van der Waals surface area (Å²) in [7, 11) is 1.71. The molecule has 4 heteroatoms. The minimum atomic E-state index is 0.287. The third kappa shape index (κ3) is 3.43. The lowest BCUT2D eigenvalue weighted by atomic mass is 10.1. The summed E-state index contributed by atoms with van der Waals surface area (Å²) in [4.78, 5) is 8.83. The highest BCUT2D eigenvalue weighted by atomic mass is 16.5. The lowest BCUT2D eigenvalue weighted by molar-refractivity contribution is 0.414. The molecule has 25 heavy (non-hydrogen) atoms. The number of aryl methyl sites for hydroxylation is 2. The summed E-state index contributed by atoms with van der Waals surface area (Å²) in [5.41, 5.74) is 4.88. The molecule has 0 radical (unpaired) electrons. The number of hydrogen-bond donors (Lipinski definition) is 1. The third-order valence-electron chi connectivity index (χ3n) is 4.53. The summed E-state index contributed by atoms with van der Waals surface area (Å²) in [5.74, 6) is 1.83. The lowest BCUT2D eigenvalue weighted by Gasteiger charge is -2.16. The van der Waals surface area contributed by atoms with Crippen LogP contribution in [0.2, 0.25) is 0 Å². The summed E-state index contributed by atoms with van der Waals surface area (Å²) >= 11 is 0. The van der Waals surface area contributed by atoms with Crippen LogP contribution in [0.15, 0.2) is 42.7 Å². The number of methoxy groups -OCH3 is 1. The number of rotatable bonds is 3. The van der Waals surface area contributed by atoms with Gasteiger partial charge in [-0.15, -0.1) is 0 Å². The van der Waals surface area contributed by atoms with Crippen LogP contribution in [0.4, 0.5) is 5.82 Å². The molecule has 1 aliphatic rings. The van der Waals surface area contributed by atoms with E-state index >= 15 is 0 Å². The molecule has 0 amide bonds.